The zero-order chi connectivity index (χ0) is 31.4. The Labute approximate surface area is 239 Å². The minimum absolute atomic E-state index is 0.136. The number of amides is 5. The first-order chi connectivity index (χ1) is 18.0. The van der Waals surface area contributed by atoms with Gasteiger partial charge in [0.2, 0.25) is 5.91 Å². The maximum Gasteiger partial charge on any atom is 0.420 e. The molecule has 12 heteroatoms. The van der Waals surface area contributed by atoms with Crippen LogP contribution in [-0.4, -0.2) is 99.4 Å². The van der Waals surface area contributed by atoms with Crippen molar-refractivity contribution in [3.05, 3.63) is 0 Å². The van der Waals surface area contributed by atoms with E-state index in [9.17, 15) is 24.0 Å². The van der Waals surface area contributed by atoms with Crippen LogP contribution in [0, 0.1) is 5.92 Å². The van der Waals surface area contributed by atoms with Crippen molar-refractivity contribution in [1.82, 2.24) is 20.0 Å². The van der Waals surface area contributed by atoms with E-state index in [-0.39, 0.29) is 25.0 Å². The number of likely N-dealkylation sites (tertiary alicyclic amines) is 1. The molecule has 1 aliphatic heterocycles. The first-order valence-electron chi connectivity index (χ1n) is 13.8. The van der Waals surface area contributed by atoms with E-state index in [4.69, 9.17) is 14.2 Å². The van der Waals surface area contributed by atoms with Gasteiger partial charge < -0.3 is 29.3 Å². The molecule has 0 aromatic carbocycles. The van der Waals surface area contributed by atoms with E-state index in [1.54, 1.807) is 67.2 Å². The molecule has 0 aromatic rings. The fourth-order valence-corrected chi connectivity index (χ4v) is 4.38. The average Bonchev–Trinajstić information content (AvgIpc) is 3.07. The van der Waals surface area contributed by atoms with Crippen LogP contribution in [0.3, 0.4) is 0 Å². The molecule has 0 bridgehead atoms. The lowest BCUT2D eigenvalue weighted by Gasteiger charge is -2.38. The summed E-state index contributed by atoms with van der Waals surface area (Å²) in [5.74, 6) is -2.23. The molecule has 3 atom stereocenters. The molecular formula is C28H50N4O8. The Morgan fingerprint density at radius 2 is 1.30 bits per heavy atom. The number of carbonyl (C=O) groups excluding carboxylic acids is 5. The van der Waals surface area contributed by atoms with Crippen LogP contribution in [0.2, 0.25) is 0 Å². The number of carbonyl (C=O) groups is 5. The van der Waals surface area contributed by atoms with E-state index >= 15 is 0 Å². The third-order valence-electron chi connectivity index (χ3n) is 5.80. The third-order valence-corrected chi connectivity index (χ3v) is 5.80. The summed E-state index contributed by atoms with van der Waals surface area (Å²) in [6, 6.07) is -2.83. The predicted octanol–water partition coefficient (Wildman–Crippen LogP) is 4.16. The fraction of sp³-hybridized carbons (Fsp3) is 0.821. The Kier molecular flexibility index (Phi) is 11.4. The van der Waals surface area contributed by atoms with E-state index < -0.39 is 59.0 Å². The van der Waals surface area contributed by atoms with Crippen LogP contribution < -0.4 is 5.32 Å². The lowest BCUT2D eigenvalue weighted by molar-refractivity contribution is -0.160. The molecule has 1 saturated heterocycles. The van der Waals surface area contributed by atoms with Gasteiger partial charge in [-0.05, 0) is 83.1 Å². The smallest absolute Gasteiger partial charge is 0.420 e. The predicted molar refractivity (Wildman–Crippen MR) is 150 cm³/mol. The molecular weight excluding hydrogens is 520 g/mol. The summed E-state index contributed by atoms with van der Waals surface area (Å²) < 4.78 is 16.9. The van der Waals surface area contributed by atoms with Gasteiger partial charge in [0, 0.05) is 32.6 Å². The zero-order valence-corrected chi connectivity index (χ0v) is 26.5. The second-order valence-corrected chi connectivity index (χ2v) is 13.3. The number of nitrogens with zero attached hydrogens (tertiary/aromatic N) is 3. The summed E-state index contributed by atoms with van der Waals surface area (Å²) in [4.78, 5) is 70.5. The third kappa shape index (κ3) is 10.2. The number of nitrogens with one attached hydrogen (secondary N) is 1. The summed E-state index contributed by atoms with van der Waals surface area (Å²) in [5, 5.41) is 2.69. The van der Waals surface area contributed by atoms with Gasteiger partial charge in [0.1, 0.15) is 16.8 Å². The number of ether oxygens (including phenoxy) is 3. The van der Waals surface area contributed by atoms with E-state index in [1.165, 1.54) is 11.8 Å². The SMILES string of the molecule is CCN(C(=O)N1C[C@@H](C(=O)OC(C)(C)C)[C@@H](N(C(=O)OC(C)(C)C)C(=O)OC(C)(C)C)[C@@H]1CNC(C)=O)C(C)C. The Balaban J connectivity index is 3.88. The quantitative estimate of drug-likeness (QED) is 0.372. The van der Waals surface area contributed by atoms with Crippen LogP contribution in [-0.2, 0) is 23.8 Å². The molecule has 40 heavy (non-hydrogen) atoms. The lowest BCUT2D eigenvalue weighted by atomic mass is 9.96. The second kappa shape index (κ2) is 13.1. The van der Waals surface area contributed by atoms with Gasteiger partial charge in [-0.25, -0.2) is 19.3 Å². The van der Waals surface area contributed by atoms with Crippen LogP contribution in [0.25, 0.3) is 0 Å². The molecule has 12 nitrogen and oxygen atoms in total. The molecule has 1 rings (SSSR count). The van der Waals surface area contributed by atoms with Gasteiger partial charge in [-0.2, -0.15) is 0 Å². The Morgan fingerprint density at radius 3 is 1.65 bits per heavy atom. The number of hydrogen-bond donors (Lipinski definition) is 1. The van der Waals surface area contributed by atoms with Crippen LogP contribution >= 0.6 is 0 Å². The van der Waals surface area contributed by atoms with Gasteiger partial charge in [-0.1, -0.05) is 0 Å². The van der Waals surface area contributed by atoms with Crippen molar-refractivity contribution in [3.8, 4) is 0 Å². The van der Waals surface area contributed by atoms with Gasteiger partial charge in [0.05, 0.1) is 18.0 Å². The maximum absolute atomic E-state index is 13.8. The molecule has 5 amide bonds. The standard InChI is InChI=1S/C28H50N4O8/c1-14-30(17(2)3)23(35)31-16-19(22(34)38-26(5,6)7)21(20(31)15-29-18(4)33)32(24(36)39-27(8,9)10)25(37)40-28(11,12)13/h17,19-21H,14-16H2,1-13H3,(H,29,33)/t19-,20+,21-/m1/s1. The number of rotatable bonds is 6. The van der Waals surface area contributed by atoms with Crippen molar-refractivity contribution >= 4 is 30.1 Å². The van der Waals surface area contributed by atoms with Gasteiger partial charge in [-0.3, -0.25) is 9.59 Å². The number of hydrogen-bond acceptors (Lipinski definition) is 8. The molecule has 0 aliphatic carbocycles. The van der Waals surface area contributed by atoms with Crippen molar-refractivity contribution in [1.29, 1.82) is 0 Å². The van der Waals surface area contributed by atoms with Crippen LogP contribution in [0.4, 0.5) is 14.4 Å². The Morgan fingerprint density at radius 1 is 0.850 bits per heavy atom. The van der Waals surface area contributed by atoms with Gasteiger partial charge in [0.15, 0.2) is 0 Å². The molecule has 230 valence electrons. The van der Waals surface area contributed by atoms with Crippen molar-refractivity contribution in [2.75, 3.05) is 19.6 Å². The molecule has 1 heterocycles. The highest BCUT2D eigenvalue weighted by Gasteiger charge is 2.56. The van der Waals surface area contributed by atoms with Crippen molar-refractivity contribution in [2.24, 2.45) is 5.92 Å². The summed E-state index contributed by atoms with van der Waals surface area (Å²) in [6.07, 6.45) is -2.09. The summed E-state index contributed by atoms with van der Waals surface area (Å²) in [7, 11) is 0. The summed E-state index contributed by atoms with van der Waals surface area (Å²) >= 11 is 0. The Bertz CT molecular complexity index is 917. The van der Waals surface area contributed by atoms with Gasteiger partial charge >= 0.3 is 24.2 Å². The van der Waals surface area contributed by atoms with Crippen LogP contribution in [0.1, 0.15) is 90.0 Å². The average molecular weight is 571 g/mol. The molecule has 1 aliphatic rings. The minimum Gasteiger partial charge on any atom is -0.460 e. The van der Waals surface area contributed by atoms with Crippen molar-refractivity contribution < 1.29 is 38.2 Å². The number of imide groups is 1. The van der Waals surface area contributed by atoms with Crippen molar-refractivity contribution in [2.45, 2.75) is 125 Å². The highest BCUT2D eigenvalue weighted by Crippen LogP contribution is 2.34. The van der Waals surface area contributed by atoms with E-state index in [1.807, 2.05) is 20.8 Å². The fourth-order valence-electron chi connectivity index (χ4n) is 4.38. The zero-order valence-electron chi connectivity index (χ0n) is 26.5. The van der Waals surface area contributed by atoms with Crippen LogP contribution in [0.15, 0.2) is 0 Å². The maximum atomic E-state index is 13.8. The summed E-state index contributed by atoms with van der Waals surface area (Å²) in [6.45, 7) is 21.9. The number of urea groups is 1. The summed E-state index contributed by atoms with van der Waals surface area (Å²) in [5.41, 5.74) is -2.87. The largest absolute Gasteiger partial charge is 0.460 e. The Hall–Kier alpha value is -3.05. The first kappa shape index (κ1) is 35.0. The van der Waals surface area contributed by atoms with E-state index in [0.717, 1.165) is 4.90 Å². The minimum atomic E-state index is -1.26. The topological polar surface area (TPSA) is 135 Å². The first-order valence-corrected chi connectivity index (χ1v) is 13.8. The van der Waals surface area contributed by atoms with E-state index in [2.05, 4.69) is 5.32 Å². The molecule has 1 N–H and O–H groups in total. The van der Waals surface area contributed by atoms with E-state index in [0.29, 0.717) is 6.54 Å². The lowest BCUT2D eigenvalue weighted by Crippen LogP contribution is -2.60. The molecule has 0 saturated carbocycles. The normalized spacial score (nSPS) is 19.6. The highest BCUT2D eigenvalue weighted by atomic mass is 16.6. The molecule has 0 aromatic heterocycles. The molecule has 0 radical (unpaired) electrons. The highest BCUT2D eigenvalue weighted by molar-refractivity contribution is 5.91. The second-order valence-electron chi connectivity index (χ2n) is 13.3. The van der Waals surface area contributed by atoms with Crippen molar-refractivity contribution in [3.63, 3.8) is 0 Å². The van der Waals surface area contributed by atoms with Gasteiger partial charge in [-0.15, -0.1) is 0 Å². The molecule has 0 spiro atoms. The molecule has 1 fully saturated rings. The monoisotopic (exact) mass is 570 g/mol. The molecule has 0 unspecified atom stereocenters. The van der Waals surface area contributed by atoms with Gasteiger partial charge in [0.25, 0.3) is 0 Å². The number of esters is 1. The van der Waals surface area contributed by atoms with Crippen LogP contribution in [0.5, 0.6) is 0 Å².